The lowest BCUT2D eigenvalue weighted by atomic mass is 9.99. The van der Waals surface area contributed by atoms with Crippen molar-refractivity contribution in [3.05, 3.63) is 16.1 Å². The van der Waals surface area contributed by atoms with E-state index in [1.165, 1.54) is 37.2 Å². The number of nitrogens with zero attached hydrogens (tertiary/aromatic N) is 1. The maximum atomic E-state index is 4.49. The molecule has 0 saturated carbocycles. The van der Waals surface area contributed by atoms with Gasteiger partial charge >= 0.3 is 0 Å². The quantitative estimate of drug-likeness (QED) is 0.831. The van der Waals surface area contributed by atoms with Crippen molar-refractivity contribution in [2.24, 2.45) is 0 Å². The maximum absolute atomic E-state index is 4.49. The molecule has 2 unspecified atom stereocenters. The fraction of sp³-hybridized carbons (Fsp3) is 0.786. The number of aryl methyl sites for hydroxylation is 1. The molecule has 4 heteroatoms. The highest BCUT2D eigenvalue weighted by Crippen LogP contribution is 2.12. The van der Waals surface area contributed by atoms with Crippen LogP contribution in [0.1, 0.15) is 43.3 Å². The van der Waals surface area contributed by atoms with Crippen molar-refractivity contribution in [1.29, 1.82) is 0 Å². The van der Waals surface area contributed by atoms with Gasteiger partial charge in [-0.25, -0.2) is 4.98 Å². The predicted molar refractivity (Wildman–Crippen MR) is 78.3 cm³/mol. The molecule has 3 nitrogen and oxygen atoms in total. The minimum atomic E-state index is 0.599. The number of piperidine rings is 1. The van der Waals surface area contributed by atoms with E-state index >= 15 is 0 Å². The lowest BCUT2D eigenvalue weighted by Crippen LogP contribution is -2.40. The van der Waals surface area contributed by atoms with E-state index in [2.05, 4.69) is 34.8 Å². The van der Waals surface area contributed by atoms with Crippen LogP contribution >= 0.6 is 11.3 Å². The normalized spacial score (nSPS) is 22.0. The van der Waals surface area contributed by atoms with Crippen LogP contribution in [0.15, 0.2) is 5.38 Å². The number of hydrogen-bond donors (Lipinski definition) is 2. The fourth-order valence-corrected chi connectivity index (χ4v) is 3.35. The molecule has 0 spiro atoms. The molecule has 1 aliphatic heterocycles. The molecule has 2 atom stereocenters. The van der Waals surface area contributed by atoms with Gasteiger partial charge in [0.25, 0.3) is 0 Å². The van der Waals surface area contributed by atoms with Crippen LogP contribution in [0.5, 0.6) is 0 Å². The highest BCUT2D eigenvalue weighted by atomic mass is 32.1. The second-order valence-corrected chi connectivity index (χ2v) is 6.31. The third kappa shape index (κ3) is 4.67. The standard InChI is InChI=1S/C14H25N3S/c1-11(9-13-5-3-4-7-16-13)15-8-6-14-17-12(2)10-18-14/h10-11,13,15-16H,3-9H2,1-2H3. The number of nitrogens with one attached hydrogen (secondary N) is 2. The Hall–Kier alpha value is -0.450. The van der Waals surface area contributed by atoms with Gasteiger partial charge in [0.1, 0.15) is 0 Å². The van der Waals surface area contributed by atoms with Gasteiger partial charge in [0, 0.05) is 36.1 Å². The summed E-state index contributed by atoms with van der Waals surface area (Å²) in [4.78, 5) is 4.49. The third-order valence-electron chi connectivity index (χ3n) is 3.55. The average molecular weight is 267 g/mol. The summed E-state index contributed by atoms with van der Waals surface area (Å²) in [5.41, 5.74) is 1.15. The van der Waals surface area contributed by atoms with Crippen LogP contribution in [0, 0.1) is 6.92 Å². The molecule has 0 bridgehead atoms. The molecule has 1 aliphatic rings. The van der Waals surface area contributed by atoms with Crippen LogP contribution < -0.4 is 10.6 Å². The van der Waals surface area contributed by atoms with E-state index in [-0.39, 0.29) is 0 Å². The highest BCUT2D eigenvalue weighted by Gasteiger charge is 2.15. The van der Waals surface area contributed by atoms with Crippen LogP contribution in [0.3, 0.4) is 0 Å². The first-order valence-corrected chi connectivity index (χ1v) is 8.00. The topological polar surface area (TPSA) is 37.0 Å². The lowest BCUT2D eigenvalue weighted by molar-refractivity contribution is 0.346. The number of rotatable bonds is 6. The van der Waals surface area contributed by atoms with E-state index in [1.807, 2.05) is 0 Å². The van der Waals surface area contributed by atoms with Crippen LogP contribution in [-0.2, 0) is 6.42 Å². The highest BCUT2D eigenvalue weighted by molar-refractivity contribution is 7.09. The summed E-state index contributed by atoms with van der Waals surface area (Å²) < 4.78 is 0. The van der Waals surface area contributed by atoms with E-state index in [9.17, 15) is 0 Å². The van der Waals surface area contributed by atoms with Crippen molar-refractivity contribution in [3.8, 4) is 0 Å². The zero-order valence-corrected chi connectivity index (χ0v) is 12.4. The van der Waals surface area contributed by atoms with Crippen LogP contribution in [-0.4, -0.2) is 30.2 Å². The molecule has 0 radical (unpaired) electrons. The van der Waals surface area contributed by atoms with E-state index in [4.69, 9.17) is 0 Å². The minimum Gasteiger partial charge on any atom is -0.314 e. The Morgan fingerprint density at radius 3 is 3.11 bits per heavy atom. The molecule has 2 heterocycles. The summed E-state index contributed by atoms with van der Waals surface area (Å²) in [6, 6.07) is 1.32. The molecule has 0 aliphatic carbocycles. The first kappa shape index (κ1) is 14.0. The van der Waals surface area contributed by atoms with Gasteiger partial charge in [0.05, 0.1) is 5.01 Å². The van der Waals surface area contributed by atoms with Gasteiger partial charge in [0.15, 0.2) is 0 Å². The predicted octanol–water partition coefficient (Wildman–Crippen LogP) is 2.50. The molecule has 1 saturated heterocycles. The van der Waals surface area contributed by atoms with Crippen molar-refractivity contribution in [1.82, 2.24) is 15.6 Å². The van der Waals surface area contributed by atoms with Crippen molar-refractivity contribution < 1.29 is 0 Å². The molecule has 2 rings (SSSR count). The smallest absolute Gasteiger partial charge is 0.0940 e. The number of aromatic nitrogens is 1. The van der Waals surface area contributed by atoms with E-state index in [0.717, 1.165) is 24.7 Å². The molecular weight excluding hydrogens is 242 g/mol. The summed E-state index contributed by atoms with van der Waals surface area (Å²) in [5.74, 6) is 0. The van der Waals surface area contributed by atoms with Gasteiger partial charge in [-0.3, -0.25) is 0 Å². The largest absolute Gasteiger partial charge is 0.314 e. The summed E-state index contributed by atoms with van der Waals surface area (Å²) in [6.07, 6.45) is 6.39. The summed E-state index contributed by atoms with van der Waals surface area (Å²) in [5, 5.41) is 10.6. The second kappa shape index (κ2) is 7.22. The lowest BCUT2D eigenvalue weighted by Gasteiger charge is -2.26. The van der Waals surface area contributed by atoms with Crippen molar-refractivity contribution in [2.75, 3.05) is 13.1 Å². The monoisotopic (exact) mass is 267 g/mol. The van der Waals surface area contributed by atoms with Crippen LogP contribution in [0.4, 0.5) is 0 Å². The van der Waals surface area contributed by atoms with Crippen LogP contribution in [0.25, 0.3) is 0 Å². The molecule has 1 aromatic heterocycles. The number of hydrogen-bond acceptors (Lipinski definition) is 4. The van der Waals surface area contributed by atoms with Gasteiger partial charge in [0.2, 0.25) is 0 Å². The van der Waals surface area contributed by atoms with Crippen LogP contribution in [0.2, 0.25) is 0 Å². The summed E-state index contributed by atoms with van der Waals surface area (Å²) >= 11 is 1.77. The van der Waals surface area contributed by atoms with Crippen molar-refractivity contribution in [2.45, 2.75) is 58.0 Å². The Bertz CT molecular complexity index is 345. The SMILES string of the molecule is Cc1csc(CCNC(C)CC2CCCCN2)n1. The first-order valence-electron chi connectivity index (χ1n) is 7.12. The fourth-order valence-electron chi connectivity index (χ4n) is 2.58. The Labute approximate surface area is 114 Å². The maximum Gasteiger partial charge on any atom is 0.0940 e. The summed E-state index contributed by atoms with van der Waals surface area (Å²) in [6.45, 7) is 6.60. The van der Waals surface area contributed by atoms with Crippen molar-refractivity contribution in [3.63, 3.8) is 0 Å². The Balaban J connectivity index is 1.60. The van der Waals surface area contributed by atoms with Crippen molar-refractivity contribution >= 4 is 11.3 Å². The van der Waals surface area contributed by atoms with E-state index in [0.29, 0.717) is 6.04 Å². The molecule has 102 valence electrons. The van der Waals surface area contributed by atoms with Gasteiger partial charge in [-0.1, -0.05) is 6.42 Å². The molecule has 18 heavy (non-hydrogen) atoms. The third-order valence-corrected chi connectivity index (χ3v) is 4.58. The second-order valence-electron chi connectivity index (χ2n) is 5.37. The zero-order valence-electron chi connectivity index (χ0n) is 11.5. The number of thiazole rings is 1. The zero-order chi connectivity index (χ0) is 12.8. The summed E-state index contributed by atoms with van der Waals surface area (Å²) in [7, 11) is 0. The molecular formula is C14H25N3S. The van der Waals surface area contributed by atoms with Gasteiger partial charge in [-0.15, -0.1) is 11.3 Å². The van der Waals surface area contributed by atoms with E-state index < -0.39 is 0 Å². The van der Waals surface area contributed by atoms with Gasteiger partial charge in [-0.05, 0) is 39.7 Å². The molecule has 0 aromatic carbocycles. The molecule has 2 N–H and O–H groups in total. The minimum absolute atomic E-state index is 0.599. The van der Waals surface area contributed by atoms with Gasteiger partial charge in [-0.2, -0.15) is 0 Å². The first-order chi connectivity index (χ1) is 8.74. The molecule has 1 fully saturated rings. The Kier molecular flexibility index (Phi) is 5.60. The average Bonchev–Trinajstić information content (AvgIpc) is 2.76. The Morgan fingerprint density at radius 1 is 1.56 bits per heavy atom. The van der Waals surface area contributed by atoms with E-state index in [1.54, 1.807) is 11.3 Å². The van der Waals surface area contributed by atoms with Gasteiger partial charge < -0.3 is 10.6 Å². The molecule has 1 aromatic rings. The molecule has 0 amide bonds. The Morgan fingerprint density at radius 2 is 2.44 bits per heavy atom.